The number of hydrogen-bond acceptors (Lipinski definition) is 3. The second kappa shape index (κ2) is 2.08. The monoisotopic (exact) mass is 141 g/mol. The minimum absolute atomic E-state index is 0.0353. The molecule has 0 amide bonds. The van der Waals surface area contributed by atoms with Crippen LogP contribution in [0.25, 0.3) is 0 Å². The van der Waals surface area contributed by atoms with E-state index in [2.05, 4.69) is 5.16 Å². The van der Waals surface area contributed by atoms with E-state index >= 15 is 0 Å². The van der Waals surface area contributed by atoms with E-state index in [0.717, 1.165) is 5.71 Å². The molecule has 56 valence electrons. The quantitative estimate of drug-likeness (QED) is 0.549. The second-order valence-corrected chi connectivity index (χ2v) is 2.88. The number of ketones is 1. The molecule has 1 rings (SSSR count). The van der Waals surface area contributed by atoms with Crippen molar-refractivity contribution in [3.05, 3.63) is 0 Å². The van der Waals surface area contributed by atoms with Gasteiger partial charge in [-0.3, -0.25) is 4.79 Å². The zero-order valence-electron chi connectivity index (χ0n) is 6.47. The van der Waals surface area contributed by atoms with Crippen LogP contribution in [-0.4, -0.2) is 17.1 Å². The molecule has 1 aliphatic heterocycles. The largest absolute Gasteiger partial charge is 0.381 e. The van der Waals surface area contributed by atoms with Crippen LogP contribution in [0.3, 0.4) is 0 Å². The summed E-state index contributed by atoms with van der Waals surface area (Å²) in [6, 6.07) is 0. The fourth-order valence-electron chi connectivity index (χ4n) is 0.920. The minimum atomic E-state index is -0.677. The highest BCUT2D eigenvalue weighted by Crippen LogP contribution is 2.23. The fourth-order valence-corrected chi connectivity index (χ4v) is 0.920. The summed E-state index contributed by atoms with van der Waals surface area (Å²) in [7, 11) is 0. The van der Waals surface area contributed by atoms with E-state index in [9.17, 15) is 4.79 Å². The van der Waals surface area contributed by atoms with Gasteiger partial charge in [0.1, 0.15) is 0 Å². The van der Waals surface area contributed by atoms with Crippen molar-refractivity contribution in [1.82, 2.24) is 0 Å². The first-order valence-corrected chi connectivity index (χ1v) is 3.27. The number of Topliss-reactive ketones (excluding diaryl/α,β-unsaturated/α-hetero) is 1. The molecule has 0 aromatic carbocycles. The van der Waals surface area contributed by atoms with Crippen LogP contribution in [0.2, 0.25) is 0 Å². The van der Waals surface area contributed by atoms with Gasteiger partial charge in [-0.25, -0.2) is 0 Å². The van der Waals surface area contributed by atoms with Crippen molar-refractivity contribution in [3.63, 3.8) is 0 Å². The van der Waals surface area contributed by atoms with Crippen molar-refractivity contribution in [3.8, 4) is 0 Å². The van der Waals surface area contributed by atoms with Crippen molar-refractivity contribution < 1.29 is 9.63 Å². The molecule has 0 fully saturated rings. The molecule has 1 aliphatic rings. The van der Waals surface area contributed by atoms with E-state index in [1.165, 1.54) is 6.92 Å². The number of nitrogens with zero attached hydrogens (tertiary/aromatic N) is 1. The average Bonchev–Trinajstić information content (AvgIpc) is 2.13. The number of hydrogen-bond donors (Lipinski definition) is 0. The van der Waals surface area contributed by atoms with E-state index in [1.54, 1.807) is 6.92 Å². The summed E-state index contributed by atoms with van der Waals surface area (Å²) in [5.74, 6) is 0.0353. The van der Waals surface area contributed by atoms with E-state index in [4.69, 9.17) is 4.84 Å². The predicted molar refractivity (Wildman–Crippen MR) is 37.9 cm³/mol. The zero-order chi connectivity index (χ0) is 7.78. The molecule has 0 bridgehead atoms. The van der Waals surface area contributed by atoms with Crippen molar-refractivity contribution in [2.24, 2.45) is 5.16 Å². The Labute approximate surface area is 60.0 Å². The molecule has 3 heteroatoms. The molecule has 0 radical (unpaired) electrons. The SMILES string of the molecule is CC(=O)C1(C)CC(C)=NO1. The van der Waals surface area contributed by atoms with Gasteiger partial charge in [0, 0.05) is 6.42 Å². The van der Waals surface area contributed by atoms with Crippen LogP contribution < -0.4 is 0 Å². The van der Waals surface area contributed by atoms with Crippen LogP contribution in [0.5, 0.6) is 0 Å². The molecule has 0 spiro atoms. The van der Waals surface area contributed by atoms with Crippen molar-refractivity contribution in [1.29, 1.82) is 0 Å². The van der Waals surface area contributed by atoms with Gasteiger partial charge >= 0.3 is 0 Å². The molecule has 1 atom stereocenters. The lowest BCUT2D eigenvalue weighted by Gasteiger charge is -2.16. The predicted octanol–water partition coefficient (Wildman–Crippen LogP) is 1.13. The minimum Gasteiger partial charge on any atom is -0.381 e. The van der Waals surface area contributed by atoms with Crippen LogP contribution in [-0.2, 0) is 9.63 Å². The van der Waals surface area contributed by atoms with Gasteiger partial charge in [-0.1, -0.05) is 5.16 Å². The van der Waals surface area contributed by atoms with Crippen molar-refractivity contribution in [2.75, 3.05) is 0 Å². The van der Waals surface area contributed by atoms with Crippen molar-refractivity contribution in [2.45, 2.75) is 32.8 Å². The molecule has 0 saturated heterocycles. The Morgan fingerprint density at radius 3 is 2.60 bits per heavy atom. The molecule has 0 N–H and O–H groups in total. The molecule has 10 heavy (non-hydrogen) atoms. The van der Waals surface area contributed by atoms with Crippen LogP contribution in [0.15, 0.2) is 5.16 Å². The standard InChI is InChI=1S/C7H11NO2/c1-5-4-7(3,6(2)9)10-8-5/h4H2,1-3H3. The molecule has 0 aliphatic carbocycles. The molecule has 1 unspecified atom stereocenters. The summed E-state index contributed by atoms with van der Waals surface area (Å²) in [4.78, 5) is 15.9. The Bertz CT molecular complexity index is 198. The highest BCUT2D eigenvalue weighted by Gasteiger charge is 2.37. The molecule has 0 aromatic rings. The Morgan fingerprint density at radius 1 is 1.80 bits per heavy atom. The first-order valence-electron chi connectivity index (χ1n) is 3.27. The third-order valence-electron chi connectivity index (χ3n) is 1.74. The van der Waals surface area contributed by atoms with Crippen molar-refractivity contribution >= 4 is 11.5 Å². The maximum atomic E-state index is 10.9. The number of rotatable bonds is 1. The van der Waals surface area contributed by atoms with Gasteiger partial charge in [0.05, 0.1) is 5.71 Å². The second-order valence-electron chi connectivity index (χ2n) is 2.88. The van der Waals surface area contributed by atoms with Crippen LogP contribution in [0, 0.1) is 0 Å². The first kappa shape index (κ1) is 7.25. The van der Waals surface area contributed by atoms with E-state index in [0.29, 0.717) is 6.42 Å². The molecular formula is C7H11NO2. The van der Waals surface area contributed by atoms with Gasteiger partial charge < -0.3 is 4.84 Å². The summed E-state index contributed by atoms with van der Waals surface area (Å²) in [5, 5.41) is 3.71. The Kier molecular flexibility index (Phi) is 1.50. The highest BCUT2D eigenvalue weighted by molar-refractivity contribution is 5.94. The first-order chi connectivity index (χ1) is 4.54. The Morgan fingerprint density at radius 2 is 2.40 bits per heavy atom. The maximum Gasteiger partial charge on any atom is 0.197 e. The Balaban J connectivity index is 2.70. The van der Waals surface area contributed by atoms with Gasteiger partial charge in [-0.15, -0.1) is 0 Å². The lowest BCUT2D eigenvalue weighted by molar-refractivity contribution is -0.136. The van der Waals surface area contributed by atoms with E-state index < -0.39 is 5.60 Å². The molecule has 1 heterocycles. The zero-order valence-corrected chi connectivity index (χ0v) is 6.47. The van der Waals surface area contributed by atoms with Gasteiger partial charge in [0.15, 0.2) is 11.4 Å². The average molecular weight is 141 g/mol. The Hall–Kier alpha value is -0.860. The normalized spacial score (nSPS) is 31.3. The highest BCUT2D eigenvalue weighted by atomic mass is 16.7. The van der Waals surface area contributed by atoms with E-state index in [1.807, 2.05) is 6.92 Å². The van der Waals surface area contributed by atoms with Gasteiger partial charge in [-0.2, -0.15) is 0 Å². The summed E-state index contributed by atoms with van der Waals surface area (Å²) >= 11 is 0. The number of oxime groups is 1. The maximum absolute atomic E-state index is 10.9. The van der Waals surface area contributed by atoms with Crippen LogP contribution in [0.4, 0.5) is 0 Å². The molecule has 3 nitrogen and oxygen atoms in total. The van der Waals surface area contributed by atoms with Gasteiger partial charge in [-0.05, 0) is 20.8 Å². The number of carbonyl (C=O) groups is 1. The fraction of sp³-hybridized carbons (Fsp3) is 0.714. The summed E-state index contributed by atoms with van der Waals surface area (Å²) < 4.78 is 0. The van der Waals surface area contributed by atoms with Gasteiger partial charge in [0.25, 0.3) is 0 Å². The summed E-state index contributed by atoms with van der Waals surface area (Å²) in [5.41, 5.74) is 0.210. The third-order valence-corrected chi connectivity index (χ3v) is 1.74. The van der Waals surface area contributed by atoms with Gasteiger partial charge in [0.2, 0.25) is 0 Å². The summed E-state index contributed by atoms with van der Waals surface area (Å²) in [6.07, 6.45) is 0.627. The topological polar surface area (TPSA) is 38.7 Å². The molecule has 0 saturated carbocycles. The van der Waals surface area contributed by atoms with E-state index in [-0.39, 0.29) is 5.78 Å². The number of carbonyl (C=O) groups excluding carboxylic acids is 1. The smallest absolute Gasteiger partial charge is 0.197 e. The lowest BCUT2D eigenvalue weighted by atomic mass is 9.96. The third kappa shape index (κ3) is 1.03. The van der Waals surface area contributed by atoms with Crippen LogP contribution >= 0.6 is 0 Å². The lowest BCUT2D eigenvalue weighted by Crippen LogP contribution is -2.32. The van der Waals surface area contributed by atoms with Crippen LogP contribution in [0.1, 0.15) is 27.2 Å². The summed E-state index contributed by atoms with van der Waals surface area (Å²) in [6.45, 7) is 5.14. The molecule has 0 aromatic heterocycles. The molecular weight excluding hydrogens is 130 g/mol.